The van der Waals surface area contributed by atoms with Gasteiger partial charge in [0.25, 0.3) is 0 Å². The van der Waals surface area contributed by atoms with E-state index < -0.39 is 0 Å². The van der Waals surface area contributed by atoms with Gasteiger partial charge in [-0.2, -0.15) is 0 Å². The number of rotatable bonds is 0. The molecule has 1 aliphatic heterocycles. The Kier molecular flexibility index (Phi) is 1.63. The summed E-state index contributed by atoms with van der Waals surface area (Å²) in [6.45, 7) is 0. The molecule has 1 heterocycles. The number of nitrogens with zero attached hydrogens (tertiary/aromatic N) is 3. The second-order valence-corrected chi connectivity index (χ2v) is 1.41. The van der Waals surface area contributed by atoms with Crippen molar-refractivity contribution in [2.75, 3.05) is 0 Å². The molecule has 0 unspecified atom stereocenters. The van der Waals surface area contributed by atoms with Crippen LogP contribution < -0.4 is 0 Å². The largest absolute Gasteiger partial charge is 0.200 e. The van der Waals surface area contributed by atoms with Crippen molar-refractivity contribution in [2.24, 2.45) is 14.0 Å². The maximum atomic E-state index is 3.72. The predicted molar refractivity (Wildman–Crippen MR) is 30.1 cm³/mol. The first kappa shape index (κ1) is 4.52. The molecule has 1 aliphatic rings. The van der Waals surface area contributed by atoms with Gasteiger partial charge < -0.3 is 0 Å². The zero-order valence-electron chi connectivity index (χ0n) is 3.48. The van der Waals surface area contributed by atoms with E-state index in [2.05, 4.69) is 14.0 Å². The molecule has 0 saturated heterocycles. The highest BCUT2D eigenvalue weighted by atomic mass is 32.2. The molecule has 0 fully saturated rings. The summed E-state index contributed by atoms with van der Waals surface area (Å²) in [6, 6.07) is 0. The first-order valence-electron chi connectivity index (χ1n) is 1.75. The minimum absolute atomic E-state index is 1.08. The van der Waals surface area contributed by atoms with E-state index in [1.165, 1.54) is 0 Å². The first-order chi connectivity index (χ1) is 3.50. The lowest BCUT2D eigenvalue weighted by atomic mass is 10.7. The van der Waals surface area contributed by atoms with Crippen molar-refractivity contribution in [3.05, 3.63) is 12.3 Å². The van der Waals surface area contributed by atoms with Gasteiger partial charge in [-0.1, -0.05) is 4.52 Å². The summed E-state index contributed by atoms with van der Waals surface area (Å²) in [5.41, 5.74) is 0. The SMILES string of the molecule is C1=CN=NSN=C1. The maximum Gasteiger partial charge on any atom is 0.137 e. The van der Waals surface area contributed by atoms with Crippen LogP contribution in [0.25, 0.3) is 0 Å². The van der Waals surface area contributed by atoms with E-state index in [0.717, 1.165) is 12.1 Å². The van der Waals surface area contributed by atoms with Crippen LogP contribution in [0.5, 0.6) is 0 Å². The second-order valence-electron chi connectivity index (χ2n) is 0.875. The fourth-order valence-electron chi connectivity index (χ4n) is 0.209. The van der Waals surface area contributed by atoms with Gasteiger partial charge in [0, 0.05) is 6.21 Å². The van der Waals surface area contributed by atoms with Gasteiger partial charge in [0.15, 0.2) is 0 Å². The number of allylic oxidation sites excluding steroid dienone is 1. The summed E-state index contributed by atoms with van der Waals surface area (Å²) in [7, 11) is 0. The van der Waals surface area contributed by atoms with Crippen LogP contribution in [0, 0.1) is 0 Å². The van der Waals surface area contributed by atoms with Crippen molar-refractivity contribution in [2.45, 2.75) is 0 Å². The lowest BCUT2D eigenvalue weighted by Crippen LogP contribution is -1.51. The molecule has 4 heteroatoms. The van der Waals surface area contributed by atoms with Crippen molar-refractivity contribution < 1.29 is 0 Å². The highest BCUT2D eigenvalue weighted by Gasteiger charge is 1.74. The molecule has 0 saturated carbocycles. The summed E-state index contributed by atoms with van der Waals surface area (Å²) in [4.78, 5) is 0. The van der Waals surface area contributed by atoms with Crippen LogP contribution in [0.15, 0.2) is 26.3 Å². The summed E-state index contributed by atoms with van der Waals surface area (Å²) in [5, 5.41) is 3.55. The van der Waals surface area contributed by atoms with Gasteiger partial charge in [-0.25, -0.2) is 4.40 Å². The first-order valence-corrected chi connectivity index (χ1v) is 2.48. The van der Waals surface area contributed by atoms with Crippen molar-refractivity contribution in [1.82, 2.24) is 0 Å². The van der Waals surface area contributed by atoms with Crippen LogP contribution in [-0.2, 0) is 0 Å². The highest BCUT2D eigenvalue weighted by molar-refractivity contribution is 7.96. The average molecular weight is 113 g/mol. The zero-order valence-corrected chi connectivity index (χ0v) is 4.30. The smallest absolute Gasteiger partial charge is 0.137 e. The van der Waals surface area contributed by atoms with Gasteiger partial charge in [-0.3, -0.25) is 0 Å². The summed E-state index contributed by atoms with van der Waals surface area (Å²) < 4.78 is 7.24. The molecule has 0 N–H and O–H groups in total. The lowest BCUT2D eigenvalue weighted by molar-refractivity contribution is 1.35. The Balaban J connectivity index is 2.60. The standard InChI is InChI=1S/C3H3N3S/c1-2-4-6-7-5-3-1/h1-3H. The minimum atomic E-state index is 1.08. The van der Waals surface area contributed by atoms with Crippen LogP contribution in [0.4, 0.5) is 0 Å². The zero-order chi connectivity index (χ0) is 4.95. The van der Waals surface area contributed by atoms with Crippen molar-refractivity contribution >= 4 is 18.3 Å². The van der Waals surface area contributed by atoms with E-state index >= 15 is 0 Å². The van der Waals surface area contributed by atoms with Gasteiger partial charge in [0.05, 0.1) is 6.20 Å². The van der Waals surface area contributed by atoms with E-state index in [9.17, 15) is 0 Å². The van der Waals surface area contributed by atoms with Crippen LogP contribution in [0.3, 0.4) is 0 Å². The van der Waals surface area contributed by atoms with Gasteiger partial charge in [-0.05, 0) is 6.08 Å². The molecular formula is C3H3N3S. The van der Waals surface area contributed by atoms with E-state index in [0.29, 0.717) is 0 Å². The van der Waals surface area contributed by atoms with Crippen LogP contribution in [0.2, 0.25) is 0 Å². The van der Waals surface area contributed by atoms with Crippen molar-refractivity contribution in [1.29, 1.82) is 0 Å². The van der Waals surface area contributed by atoms with Crippen molar-refractivity contribution in [3.8, 4) is 0 Å². The highest BCUT2D eigenvalue weighted by Crippen LogP contribution is 2.04. The molecule has 1 rings (SSSR count). The second kappa shape index (κ2) is 2.52. The van der Waals surface area contributed by atoms with Crippen LogP contribution in [0.1, 0.15) is 0 Å². The lowest BCUT2D eigenvalue weighted by Gasteiger charge is -1.67. The third-order valence-electron chi connectivity index (χ3n) is 0.430. The molecule has 36 valence electrons. The molecule has 0 aliphatic carbocycles. The maximum absolute atomic E-state index is 3.72. The number of hydrogen-bond acceptors (Lipinski definition) is 4. The Morgan fingerprint density at radius 3 is 3.43 bits per heavy atom. The van der Waals surface area contributed by atoms with Gasteiger partial charge in [-0.15, -0.1) is 5.11 Å². The molecule has 7 heavy (non-hydrogen) atoms. The van der Waals surface area contributed by atoms with Gasteiger partial charge in [0.2, 0.25) is 0 Å². The van der Waals surface area contributed by atoms with E-state index in [4.69, 9.17) is 0 Å². The van der Waals surface area contributed by atoms with Gasteiger partial charge >= 0.3 is 0 Å². The average Bonchev–Trinajstić information content (AvgIpc) is 1.90. The van der Waals surface area contributed by atoms with Gasteiger partial charge in [0.1, 0.15) is 12.1 Å². The Bertz CT molecular complexity index is 112. The summed E-state index contributed by atoms with van der Waals surface area (Å²) in [5.74, 6) is 0. The van der Waals surface area contributed by atoms with E-state index in [1.807, 2.05) is 0 Å². The van der Waals surface area contributed by atoms with E-state index in [-0.39, 0.29) is 0 Å². The third-order valence-corrected chi connectivity index (χ3v) is 0.814. The van der Waals surface area contributed by atoms with Crippen molar-refractivity contribution in [3.63, 3.8) is 0 Å². The molecular weight excluding hydrogens is 110 g/mol. The third kappa shape index (κ3) is 1.50. The molecule has 0 spiro atoms. The van der Waals surface area contributed by atoms with Crippen LogP contribution in [-0.4, -0.2) is 6.21 Å². The summed E-state index contributed by atoms with van der Waals surface area (Å²) in [6.07, 6.45) is 4.96. The Hall–Kier alpha value is -0.640. The van der Waals surface area contributed by atoms with Crippen LogP contribution >= 0.6 is 12.1 Å². The molecule has 0 atom stereocenters. The Morgan fingerprint density at radius 1 is 1.43 bits per heavy atom. The Morgan fingerprint density at radius 2 is 2.43 bits per heavy atom. The quantitative estimate of drug-likeness (QED) is 0.439. The predicted octanol–water partition coefficient (Wildman–Crippen LogP) is 1.60. The molecule has 0 aromatic carbocycles. The fourth-order valence-corrected chi connectivity index (χ4v) is 0.472. The fraction of sp³-hybridized carbons (Fsp3) is 0. The molecule has 0 aromatic heterocycles. The molecule has 0 aromatic rings. The molecule has 0 amide bonds. The number of hydrogen-bond donors (Lipinski definition) is 0. The normalized spacial score (nSPS) is 17.1. The monoisotopic (exact) mass is 113 g/mol. The minimum Gasteiger partial charge on any atom is -0.200 e. The summed E-state index contributed by atoms with van der Waals surface area (Å²) >= 11 is 1.08. The Labute approximate surface area is 45.5 Å². The molecule has 0 radical (unpaired) electrons. The topological polar surface area (TPSA) is 37.1 Å². The van der Waals surface area contributed by atoms with E-state index in [1.54, 1.807) is 18.5 Å². The molecule has 3 nitrogen and oxygen atoms in total. The molecule has 0 bridgehead atoms.